The van der Waals surface area contributed by atoms with Crippen molar-refractivity contribution in [2.24, 2.45) is 51.4 Å². The molecule has 0 spiro atoms. The lowest BCUT2D eigenvalue weighted by Crippen LogP contribution is -2.61. The first-order chi connectivity index (χ1) is 26.2. The number of phenols is 1. The van der Waals surface area contributed by atoms with Crippen molar-refractivity contribution in [2.75, 3.05) is 6.54 Å². The fraction of sp³-hybridized carbons (Fsp3) is 0.622. The molecule has 1 aromatic rings. The van der Waals surface area contributed by atoms with Crippen molar-refractivity contribution < 1.29 is 38.7 Å². The minimum Gasteiger partial charge on any atom is -0.508 e. The maximum Gasteiger partial charge on any atom is 0.243 e. The molecule has 19 heteroatoms. The van der Waals surface area contributed by atoms with Crippen LogP contribution < -0.4 is 55.3 Å². The van der Waals surface area contributed by atoms with E-state index in [9.17, 15) is 38.7 Å². The fourth-order valence-corrected chi connectivity index (χ4v) is 5.54. The summed E-state index contributed by atoms with van der Waals surface area (Å²) in [4.78, 5) is 95.3. The second-order valence-corrected chi connectivity index (χ2v) is 14.7. The number of carbonyl (C=O) groups excluding carboxylic acids is 7. The normalized spacial score (nSPS) is 14.9. The predicted octanol–water partition coefficient (Wildman–Crippen LogP) is -1.76. The summed E-state index contributed by atoms with van der Waals surface area (Å²) < 4.78 is 0. The Balaban J connectivity index is 3.33. The van der Waals surface area contributed by atoms with Gasteiger partial charge in [0.2, 0.25) is 41.4 Å². The van der Waals surface area contributed by atoms with Crippen LogP contribution >= 0.6 is 0 Å². The lowest BCUT2D eigenvalue weighted by atomic mass is 9.95. The molecule has 1 aromatic carbocycles. The number of rotatable bonds is 25. The van der Waals surface area contributed by atoms with Crippen LogP contribution in [0.25, 0.3) is 0 Å². The van der Waals surface area contributed by atoms with Gasteiger partial charge in [-0.25, -0.2) is 0 Å². The lowest BCUT2D eigenvalue weighted by molar-refractivity contribution is -0.136. The van der Waals surface area contributed by atoms with Gasteiger partial charge >= 0.3 is 0 Å². The maximum absolute atomic E-state index is 13.9. The van der Waals surface area contributed by atoms with Gasteiger partial charge in [0.15, 0.2) is 5.96 Å². The van der Waals surface area contributed by atoms with Crippen molar-refractivity contribution in [1.82, 2.24) is 26.6 Å². The second kappa shape index (κ2) is 24.1. The average molecular weight is 790 g/mol. The van der Waals surface area contributed by atoms with E-state index in [2.05, 4.69) is 31.6 Å². The Hall–Kier alpha value is -5.46. The first kappa shape index (κ1) is 48.6. The Morgan fingerprint density at radius 2 is 1.23 bits per heavy atom. The van der Waals surface area contributed by atoms with Crippen LogP contribution in [0.4, 0.5) is 0 Å². The van der Waals surface area contributed by atoms with E-state index in [1.165, 1.54) is 12.1 Å². The van der Waals surface area contributed by atoms with Crippen LogP contribution in [-0.2, 0) is 40.0 Å². The van der Waals surface area contributed by atoms with E-state index < -0.39 is 89.4 Å². The zero-order valence-electron chi connectivity index (χ0n) is 33.3. The number of aliphatic imine (C=N–C) groups is 1. The number of primary amides is 2. The predicted molar refractivity (Wildman–Crippen MR) is 211 cm³/mol. The monoisotopic (exact) mass is 789 g/mol. The molecule has 0 aromatic heterocycles. The summed E-state index contributed by atoms with van der Waals surface area (Å²) in [5, 5.41) is 23.0. The van der Waals surface area contributed by atoms with E-state index in [1.54, 1.807) is 32.9 Å². The van der Waals surface area contributed by atoms with Gasteiger partial charge < -0.3 is 60.4 Å². The topological polar surface area (TPSA) is 342 Å². The summed E-state index contributed by atoms with van der Waals surface area (Å²) in [5.41, 5.74) is 28.2. The van der Waals surface area contributed by atoms with Crippen LogP contribution in [0.5, 0.6) is 5.75 Å². The minimum absolute atomic E-state index is 0.0227. The van der Waals surface area contributed by atoms with Crippen molar-refractivity contribution in [3.63, 3.8) is 0 Å². The van der Waals surface area contributed by atoms with Gasteiger partial charge in [0.1, 0.15) is 36.0 Å². The van der Waals surface area contributed by atoms with Gasteiger partial charge in [0.25, 0.3) is 0 Å². The van der Waals surface area contributed by atoms with Crippen LogP contribution in [0.1, 0.15) is 85.6 Å². The number of nitrogens with two attached hydrogens (primary N) is 5. The van der Waals surface area contributed by atoms with Crippen molar-refractivity contribution >= 4 is 47.3 Å². The van der Waals surface area contributed by atoms with Gasteiger partial charge in [-0.3, -0.25) is 38.6 Å². The van der Waals surface area contributed by atoms with E-state index in [1.807, 2.05) is 20.8 Å². The van der Waals surface area contributed by atoms with E-state index in [0.717, 1.165) is 0 Å². The molecule has 314 valence electrons. The molecule has 1 rings (SSSR count). The summed E-state index contributed by atoms with van der Waals surface area (Å²) in [7, 11) is 0. The van der Waals surface area contributed by atoms with Gasteiger partial charge in [0, 0.05) is 19.4 Å². The highest BCUT2D eigenvalue weighted by atomic mass is 16.3. The van der Waals surface area contributed by atoms with E-state index in [4.69, 9.17) is 28.7 Å². The first-order valence-electron chi connectivity index (χ1n) is 18.8. The third kappa shape index (κ3) is 17.8. The average Bonchev–Trinajstić information content (AvgIpc) is 3.11. The SMILES string of the molecule is CC[C@H](C)[C@H](NC(=O)[C@@H](NC(=O)[C@@H](N)CCC(N)=O)C(C)C)C(=O)N[C@@H](CCCN=C(N)N)C(=O)N[C@@H](CC(C)C)C(=O)N[C@@H](Cc1ccc(O)cc1)C(N)=O. The van der Waals surface area contributed by atoms with E-state index >= 15 is 0 Å². The first-order valence-corrected chi connectivity index (χ1v) is 18.8. The van der Waals surface area contributed by atoms with Crippen molar-refractivity contribution in [2.45, 2.75) is 123 Å². The molecular formula is C37H63N11O8. The lowest BCUT2D eigenvalue weighted by Gasteiger charge is -2.30. The zero-order valence-corrected chi connectivity index (χ0v) is 33.3. The molecule has 16 N–H and O–H groups in total. The minimum atomic E-state index is -1.23. The Kier molecular flexibility index (Phi) is 20.9. The summed E-state index contributed by atoms with van der Waals surface area (Å²) in [6.07, 6.45) is 0.759. The molecule has 7 amide bonds. The van der Waals surface area contributed by atoms with Gasteiger partial charge in [-0.05, 0) is 61.1 Å². The number of aromatic hydroxyl groups is 1. The van der Waals surface area contributed by atoms with Crippen LogP contribution in [-0.4, -0.2) is 95.2 Å². The molecule has 0 saturated carbocycles. The van der Waals surface area contributed by atoms with Crippen LogP contribution in [0.2, 0.25) is 0 Å². The van der Waals surface area contributed by atoms with Crippen molar-refractivity contribution in [1.29, 1.82) is 0 Å². The number of phenolic OH excluding ortho intramolecular Hbond substituents is 1. The summed E-state index contributed by atoms with van der Waals surface area (Å²) >= 11 is 0. The molecule has 0 aliphatic heterocycles. The number of carbonyl (C=O) groups is 7. The highest BCUT2D eigenvalue weighted by Gasteiger charge is 2.35. The van der Waals surface area contributed by atoms with Crippen LogP contribution in [0, 0.1) is 17.8 Å². The van der Waals surface area contributed by atoms with Crippen LogP contribution in [0.15, 0.2) is 29.3 Å². The Morgan fingerprint density at radius 3 is 1.75 bits per heavy atom. The molecular weight excluding hydrogens is 726 g/mol. The molecule has 0 bridgehead atoms. The number of guanidine groups is 1. The van der Waals surface area contributed by atoms with Crippen LogP contribution in [0.3, 0.4) is 0 Å². The molecule has 19 nitrogen and oxygen atoms in total. The summed E-state index contributed by atoms with van der Waals surface area (Å²) in [6.45, 7) is 10.7. The van der Waals surface area contributed by atoms with E-state index in [-0.39, 0.29) is 62.7 Å². The standard InChI is InChI=1S/C37H63N11O8/c1-7-21(6)30(48-35(55)29(20(4)5)47-32(52)24(38)14-15-28(39)50)36(56)44-25(9-8-16-43-37(41)42)33(53)46-27(17-19(2)3)34(54)45-26(31(40)51)18-22-10-12-23(49)13-11-22/h10-13,19-21,24-27,29-30,49H,7-9,14-18,38H2,1-6H3,(H2,39,50)(H2,40,51)(H,44,56)(H,45,54)(H,46,53)(H,47,52)(H,48,55)(H4,41,42,43)/t21-,24-,25-,26-,27-,29-,30-/m0/s1. The summed E-state index contributed by atoms with van der Waals surface area (Å²) in [6, 6.07) is -0.845. The molecule has 0 radical (unpaired) electrons. The number of benzene rings is 1. The number of hydrogen-bond acceptors (Lipinski definition) is 10. The highest BCUT2D eigenvalue weighted by molar-refractivity contribution is 5.96. The van der Waals surface area contributed by atoms with Crippen molar-refractivity contribution in [3.05, 3.63) is 29.8 Å². The van der Waals surface area contributed by atoms with Gasteiger partial charge in [0.05, 0.1) is 6.04 Å². The molecule has 56 heavy (non-hydrogen) atoms. The Morgan fingerprint density at radius 1 is 0.696 bits per heavy atom. The Bertz CT molecular complexity index is 1520. The molecule has 0 aliphatic carbocycles. The van der Waals surface area contributed by atoms with Gasteiger partial charge in [-0.15, -0.1) is 0 Å². The Labute approximate surface area is 328 Å². The third-order valence-corrected chi connectivity index (χ3v) is 9.03. The van der Waals surface area contributed by atoms with E-state index in [0.29, 0.717) is 12.0 Å². The molecule has 7 atom stereocenters. The third-order valence-electron chi connectivity index (χ3n) is 9.03. The smallest absolute Gasteiger partial charge is 0.243 e. The number of amides is 7. The molecule has 0 heterocycles. The largest absolute Gasteiger partial charge is 0.508 e. The molecule has 0 unspecified atom stereocenters. The molecule has 0 saturated heterocycles. The van der Waals surface area contributed by atoms with Gasteiger partial charge in [-0.1, -0.05) is 60.1 Å². The fourth-order valence-electron chi connectivity index (χ4n) is 5.54. The quantitative estimate of drug-likeness (QED) is 0.0299. The number of hydrogen-bond donors (Lipinski definition) is 11. The van der Waals surface area contributed by atoms with Crippen molar-refractivity contribution in [3.8, 4) is 5.75 Å². The highest BCUT2D eigenvalue weighted by Crippen LogP contribution is 2.14. The zero-order chi connectivity index (χ0) is 42.7. The number of nitrogens with zero attached hydrogens (tertiary/aromatic N) is 1. The number of nitrogens with one attached hydrogen (secondary N) is 5. The second-order valence-electron chi connectivity index (χ2n) is 14.7. The maximum atomic E-state index is 13.9. The molecule has 0 aliphatic rings. The molecule has 0 fully saturated rings. The van der Waals surface area contributed by atoms with Gasteiger partial charge in [-0.2, -0.15) is 0 Å². The summed E-state index contributed by atoms with van der Waals surface area (Å²) in [5.74, 6) is -6.00.